The zero-order valence-corrected chi connectivity index (χ0v) is 12.7. The molecule has 2 N–H and O–H groups in total. The summed E-state index contributed by atoms with van der Waals surface area (Å²) in [7, 11) is 0. The third-order valence-corrected chi connectivity index (χ3v) is 4.38. The van der Waals surface area contributed by atoms with Gasteiger partial charge in [0.1, 0.15) is 0 Å². The van der Waals surface area contributed by atoms with E-state index in [0.29, 0.717) is 6.04 Å². The van der Waals surface area contributed by atoms with Gasteiger partial charge in [-0.15, -0.1) is 0 Å². The quantitative estimate of drug-likeness (QED) is 0.758. The molecule has 3 heteroatoms. The third kappa shape index (κ3) is 4.87. The van der Waals surface area contributed by atoms with Crippen molar-refractivity contribution in [2.45, 2.75) is 65.0 Å². The van der Waals surface area contributed by atoms with Gasteiger partial charge in [-0.3, -0.25) is 9.80 Å². The first-order chi connectivity index (χ1) is 8.72. The summed E-state index contributed by atoms with van der Waals surface area (Å²) in [4.78, 5) is 5.35. The van der Waals surface area contributed by atoms with E-state index in [4.69, 9.17) is 5.73 Å². The van der Waals surface area contributed by atoms with Gasteiger partial charge < -0.3 is 5.73 Å². The van der Waals surface area contributed by atoms with Gasteiger partial charge in [0.05, 0.1) is 0 Å². The fourth-order valence-corrected chi connectivity index (χ4v) is 3.20. The van der Waals surface area contributed by atoms with Crippen LogP contribution in [-0.4, -0.2) is 54.6 Å². The van der Waals surface area contributed by atoms with Crippen molar-refractivity contribution in [3.05, 3.63) is 0 Å². The van der Waals surface area contributed by atoms with Crippen molar-refractivity contribution < 1.29 is 0 Å². The van der Waals surface area contributed by atoms with Crippen molar-refractivity contribution in [1.29, 1.82) is 0 Å². The fraction of sp³-hybridized carbons (Fsp3) is 1.00. The van der Waals surface area contributed by atoms with Crippen molar-refractivity contribution in [3.63, 3.8) is 0 Å². The molecule has 1 rings (SSSR count). The first-order valence-electron chi connectivity index (χ1n) is 7.91. The van der Waals surface area contributed by atoms with Gasteiger partial charge in [-0.1, -0.05) is 20.3 Å². The van der Waals surface area contributed by atoms with E-state index in [9.17, 15) is 0 Å². The molecule has 2 unspecified atom stereocenters. The number of nitrogens with two attached hydrogens (primary N) is 1. The largest absolute Gasteiger partial charge is 0.330 e. The second-order valence-corrected chi connectivity index (χ2v) is 5.70. The molecule has 1 aliphatic heterocycles. The molecule has 1 saturated heterocycles. The van der Waals surface area contributed by atoms with E-state index in [-0.39, 0.29) is 0 Å². The molecule has 2 atom stereocenters. The molecule has 0 saturated carbocycles. The maximum atomic E-state index is 5.73. The van der Waals surface area contributed by atoms with Crippen molar-refractivity contribution in [2.75, 3.05) is 32.7 Å². The van der Waals surface area contributed by atoms with Crippen molar-refractivity contribution in [3.8, 4) is 0 Å². The van der Waals surface area contributed by atoms with Crippen molar-refractivity contribution >= 4 is 0 Å². The Hall–Kier alpha value is -0.120. The predicted molar refractivity (Wildman–Crippen MR) is 79.9 cm³/mol. The highest BCUT2D eigenvalue weighted by molar-refractivity contribution is 4.78. The van der Waals surface area contributed by atoms with Crippen LogP contribution in [0.1, 0.15) is 52.9 Å². The molecular formula is C15H33N3. The molecule has 0 aliphatic carbocycles. The summed E-state index contributed by atoms with van der Waals surface area (Å²) in [5.41, 5.74) is 5.73. The smallest absolute Gasteiger partial charge is 0.0112 e. The minimum Gasteiger partial charge on any atom is -0.330 e. The fourth-order valence-electron chi connectivity index (χ4n) is 3.20. The van der Waals surface area contributed by atoms with Crippen LogP contribution in [-0.2, 0) is 0 Å². The van der Waals surface area contributed by atoms with Crippen LogP contribution in [0.3, 0.4) is 0 Å². The lowest BCUT2D eigenvalue weighted by Gasteiger charge is -2.31. The third-order valence-electron chi connectivity index (χ3n) is 4.38. The van der Waals surface area contributed by atoms with Gasteiger partial charge in [0.15, 0.2) is 0 Å². The molecule has 0 aromatic rings. The Kier molecular flexibility index (Phi) is 7.87. The molecule has 0 amide bonds. The van der Waals surface area contributed by atoms with E-state index in [1.54, 1.807) is 0 Å². The SMILES string of the molecule is CCCC(C)N1CCCN(C(CC)CCN)CC1. The second kappa shape index (κ2) is 8.89. The summed E-state index contributed by atoms with van der Waals surface area (Å²) in [5, 5.41) is 0. The van der Waals surface area contributed by atoms with Gasteiger partial charge in [-0.2, -0.15) is 0 Å². The first kappa shape index (κ1) is 15.9. The Morgan fingerprint density at radius 2 is 1.67 bits per heavy atom. The van der Waals surface area contributed by atoms with Crippen LogP contribution in [0, 0.1) is 0 Å². The summed E-state index contributed by atoms with van der Waals surface area (Å²) in [5.74, 6) is 0. The minimum atomic E-state index is 0.705. The highest BCUT2D eigenvalue weighted by atomic mass is 15.2. The lowest BCUT2D eigenvalue weighted by Crippen LogP contribution is -2.40. The summed E-state index contributed by atoms with van der Waals surface area (Å²) in [6, 6.07) is 1.46. The van der Waals surface area contributed by atoms with Crippen LogP contribution in [0.4, 0.5) is 0 Å². The summed E-state index contributed by atoms with van der Waals surface area (Å²) >= 11 is 0. The first-order valence-corrected chi connectivity index (χ1v) is 7.91. The Labute approximate surface area is 114 Å². The van der Waals surface area contributed by atoms with E-state index in [0.717, 1.165) is 19.0 Å². The molecule has 0 aromatic carbocycles. The Morgan fingerprint density at radius 1 is 1.00 bits per heavy atom. The summed E-state index contributed by atoms with van der Waals surface area (Å²) < 4.78 is 0. The van der Waals surface area contributed by atoms with E-state index in [1.165, 1.54) is 51.9 Å². The van der Waals surface area contributed by atoms with Crippen LogP contribution in [0.2, 0.25) is 0 Å². The van der Waals surface area contributed by atoms with Crippen molar-refractivity contribution in [1.82, 2.24) is 9.80 Å². The lowest BCUT2D eigenvalue weighted by molar-refractivity contribution is 0.170. The maximum Gasteiger partial charge on any atom is 0.0112 e. The molecule has 1 fully saturated rings. The van der Waals surface area contributed by atoms with Crippen LogP contribution in [0.25, 0.3) is 0 Å². The van der Waals surface area contributed by atoms with Crippen LogP contribution in [0.15, 0.2) is 0 Å². The zero-order chi connectivity index (χ0) is 13.4. The Morgan fingerprint density at radius 3 is 2.28 bits per heavy atom. The Balaban J connectivity index is 2.44. The summed E-state index contributed by atoms with van der Waals surface area (Å²) in [6.45, 7) is 12.8. The van der Waals surface area contributed by atoms with E-state index in [1.807, 2.05) is 0 Å². The van der Waals surface area contributed by atoms with Crippen LogP contribution in [0.5, 0.6) is 0 Å². The van der Waals surface area contributed by atoms with Crippen LogP contribution < -0.4 is 5.73 Å². The molecule has 108 valence electrons. The highest BCUT2D eigenvalue weighted by Gasteiger charge is 2.22. The average Bonchev–Trinajstić information content (AvgIpc) is 2.62. The predicted octanol–water partition coefficient (Wildman–Crippen LogP) is 2.31. The Bertz CT molecular complexity index is 208. The second-order valence-electron chi connectivity index (χ2n) is 5.70. The molecule has 0 aromatic heterocycles. The normalized spacial score (nSPS) is 22.7. The molecule has 0 radical (unpaired) electrons. The molecule has 3 nitrogen and oxygen atoms in total. The van der Waals surface area contributed by atoms with E-state index >= 15 is 0 Å². The molecule has 0 spiro atoms. The lowest BCUT2D eigenvalue weighted by atomic mass is 10.1. The number of hydrogen-bond acceptors (Lipinski definition) is 3. The highest BCUT2D eigenvalue weighted by Crippen LogP contribution is 2.15. The summed E-state index contributed by atoms with van der Waals surface area (Å²) in [6.07, 6.45) is 6.34. The van der Waals surface area contributed by atoms with Crippen LogP contribution >= 0.6 is 0 Å². The van der Waals surface area contributed by atoms with Gasteiger partial charge in [-0.25, -0.2) is 0 Å². The van der Waals surface area contributed by atoms with E-state index in [2.05, 4.69) is 30.6 Å². The van der Waals surface area contributed by atoms with Gasteiger partial charge in [0.25, 0.3) is 0 Å². The van der Waals surface area contributed by atoms with Crippen molar-refractivity contribution in [2.24, 2.45) is 5.73 Å². The van der Waals surface area contributed by atoms with Gasteiger partial charge in [-0.05, 0) is 52.2 Å². The van der Waals surface area contributed by atoms with E-state index < -0.39 is 0 Å². The topological polar surface area (TPSA) is 32.5 Å². The number of hydrogen-bond donors (Lipinski definition) is 1. The molecule has 0 bridgehead atoms. The van der Waals surface area contributed by atoms with Gasteiger partial charge >= 0.3 is 0 Å². The molecule has 1 heterocycles. The number of nitrogens with zero attached hydrogens (tertiary/aromatic N) is 2. The molecule has 18 heavy (non-hydrogen) atoms. The standard InChI is InChI=1S/C15H33N3/c1-4-7-14(3)17-10-6-11-18(13-12-17)15(5-2)8-9-16/h14-15H,4-13,16H2,1-3H3. The minimum absolute atomic E-state index is 0.705. The monoisotopic (exact) mass is 255 g/mol. The maximum absolute atomic E-state index is 5.73. The van der Waals surface area contributed by atoms with Gasteiger partial charge in [0, 0.05) is 25.2 Å². The number of rotatable bonds is 7. The zero-order valence-electron chi connectivity index (χ0n) is 12.7. The molecular weight excluding hydrogens is 222 g/mol. The van der Waals surface area contributed by atoms with Gasteiger partial charge in [0.2, 0.25) is 0 Å². The molecule has 1 aliphatic rings. The average molecular weight is 255 g/mol.